The Morgan fingerprint density at radius 2 is 2.00 bits per heavy atom. The molecule has 0 spiro atoms. The fraction of sp³-hybridized carbons (Fsp3) is 0.421. The molecule has 1 aromatic heterocycles. The van der Waals surface area contributed by atoms with Crippen molar-refractivity contribution in [2.45, 2.75) is 12.5 Å². The zero-order valence-electron chi connectivity index (χ0n) is 13.6. The topological polar surface area (TPSA) is 28.6 Å². The molecule has 0 amide bonds. The number of hydrogen-bond acceptors (Lipinski definition) is 4. The average molecular weight is 327 g/mol. The molecule has 4 nitrogen and oxygen atoms in total. The minimum absolute atomic E-state index is 0.280. The predicted octanol–water partition coefficient (Wildman–Crippen LogP) is 2.81. The minimum Gasteiger partial charge on any atom is -0.492 e. The maximum Gasteiger partial charge on any atom is 0.141 e. The van der Waals surface area contributed by atoms with Crippen molar-refractivity contribution in [2.24, 2.45) is 5.92 Å². The van der Waals surface area contributed by atoms with Gasteiger partial charge in [0.15, 0.2) is 0 Å². The third-order valence-corrected chi connectivity index (χ3v) is 5.09. The van der Waals surface area contributed by atoms with E-state index >= 15 is 0 Å². The molecule has 3 heterocycles. The number of aromatic nitrogens is 1. The number of benzene rings is 1. The summed E-state index contributed by atoms with van der Waals surface area (Å²) in [5.74, 6) is 2.20. The molecule has 0 N–H and O–H groups in total. The molecule has 2 saturated heterocycles. The van der Waals surface area contributed by atoms with Crippen LogP contribution in [0, 0.1) is 11.7 Å². The highest BCUT2D eigenvalue weighted by atomic mass is 19.1. The summed E-state index contributed by atoms with van der Waals surface area (Å²) in [6, 6.07) is 13.8. The molecule has 2 aliphatic rings. The standard InChI is InChI=1S/C19H22FN3O/c20-16-6-7-19(21-12-16)23-13-15-8-9-22(18(15)14-23)10-11-24-17-4-2-1-3-5-17/h1-7,12,15,18H,8-11,13-14H2. The van der Waals surface area contributed by atoms with E-state index < -0.39 is 0 Å². The van der Waals surface area contributed by atoms with E-state index in [4.69, 9.17) is 4.74 Å². The van der Waals surface area contributed by atoms with Crippen molar-refractivity contribution in [1.82, 2.24) is 9.88 Å². The van der Waals surface area contributed by atoms with Gasteiger partial charge < -0.3 is 9.64 Å². The van der Waals surface area contributed by atoms with Gasteiger partial charge in [-0.1, -0.05) is 18.2 Å². The fourth-order valence-electron chi connectivity index (χ4n) is 3.87. The van der Waals surface area contributed by atoms with Gasteiger partial charge in [0.1, 0.15) is 24.0 Å². The summed E-state index contributed by atoms with van der Waals surface area (Å²) in [7, 11) is 0. The third kappa shape index (κ3) is 3.22. The summed E-state index contributed by atoms with van der Waals surface area (Å²) >= 11 is 0. The lowest BCUT2D eigenvalue weighted by molar-refractivity contribution is 0.197. The zero-order chi connectivity index (χ0) is 16.4. The Kier molecular flexibility index (Phi) is 4.34. The molecule has 0 aliphatic carbocycles. The number of fused-ring (bicyclic) bond motifs is 1. The molecule has 2 fully saturated rings. The molecule has 2 atom stereocenters. The Bertz CT molecular complexity index is 664. The molecule has 5 heteroatoms. The lowest BCUT2D eigenvalue weighted by Gasteiger charge is -2.25. The second-order valence-electron chi connectivity index (χ2n) is 6.55. The summed E-state index contributed by atoms with van der Waals surface area (Å²) < 4.78 is 18.9. The van der Waals surface area contributed by atoms with Crippen LogP contribution in [0.2, 0.25) is 0 Å². The van der Waals surface area contributed by atoms with E-state index in [9.17, 15) is 4.39 Å². The Hall–Kier alpha value is -2.14. The molecule has 126 valence electrons. The van der Waals surface area contributed by atoms with E-state index in [1.807, 2.05) is 30.3 Å². The number of ether oxygens (including phenoxy) is 1. The van der Waals surface area contributed by atoms with Gasteiger partial charge in [-0.3, -0.25) is 4.90 Å². The highest BCUT2D eigenvalue weighted by Crippen LogP contribution is 2.33. The first-order chi connectivity index (χ1) is 11.8. The molecule has 24 heavy (non-hydrogen) atoms. The van der Waals surface area contributed by atoms with Crippen molar-refractivity contribution in [3.8, 4) is 5.75 Å². The number of hydrogen-bond donors (Lipinski definition) is 0. The third-order valence-electron chi connectivity index (χ3n) is 5.09. The SMILES string of the molecule is Fc1ccc(N2CC3CCN(CCOc4ccccc4)C3C2)nc1. The number of anilines is 1. The molecular formula is C19H22FN3O. The molecule has 1 aromatic carbocycles. The van der Waals surface area contributed by atoms with E-state index in [0.29, 0.717) is 18.6 Å². The van der Waals surface area contributed by atoms with Crippen molar-refractivity contribution in [3.63, 3.8) is 0 Å². The van der Waals surface area contributed by atoms with E-state index in [2.05, 4.69) is 14.8 Å². The van der Waals surface area contributed by atoms with Crippen LogP contribution in [-0.4, -0.2) is 48.7 Å². The Labute approximate surface area is 141 Å². The maximum atomic E-state index is 13.0. The second-order valence-corrected chi connectivity index (χ2v) is 6.55. The number of rotatable bonds is 5. The second kappa shape index (κ2) is 6.77. The van der Waals surface area contributed by atoms with Gasteiger partial charge in [-0.2, -0.15) is 0 Å². The maximum absolute atomic E-state index is 13.0. The van der Waals surface area contributed by atoms with Gasteiger partial charge >= 0.3 is 0 Å². The quantitative estimate of drug-likeness (QED) is 0.844. The predicted molar refractivity (Wildman–Crippen MR) is 91.8 cm³/mol. The van der Waals surface area contributed by atoms with Crippen molar-refractivity contribution >= 4 is 5.82 Å². The van der Waals surface area contributed by atoms with E-state index in [-0.39, 0.29) is 5.82 Å². The number of para-hydroxylation sites is 1. The summed E-state index contributed by atoms with van der Waals surface area (Å²) in [6.45, 7) is 4.77. The minimum atomic E-state index is -0.280. The Balaban J connectivity index is 1.32. The molecule has 0 saturated carbocycles. The lowest BCUT2D eigenvalue weighted by atomic mass is 10.1. The van der Waals surface area contributed by atoms with Crippen molar-refractivity contribution in [3.05, 3.63) is 54.5 Å². The highest BCUT2D eigenvalue weighted by Gasteiger charge is 2.41. The van der Waals surface area contributed by atoms with Crippen LogP contribution in [0.3, 0.4) is 0 Å². The van der Waals surface area contributed by atoms with Crippen molar-refractivity contribution in [2.75, 3.05) is 37.7 Å². The van der Waals surface area contributed by atoms with Gasteiger partial charge in [0.05, 0.1) is 6.20 Å². The first-order valence-electron chi connectivity index (χ1n) is 8.58. The molecular weight excluding hydrogens is 305 g/mol. The largest absolute Gasteiger partial charge is 0.492 e. The van der Waals surface area contributed by atoms with E-state index in [1.54, 1.807) is 6.07 Å². The van der Waals surface area contributed by atoms with Gasteiger partial charge in [0.25, 0.3) is 0 Å². The Morgan fingerprint density at radius 3 is 2.79 bits per heavy atom. The summed E-state index contributed by atoms with van der Waals surface area (Å²) in [5, 5.41) is 0. The van der Waals surface area contributed by atoms with Crippen LogP contribution in [0.1, 0.15) is 6.42 Å². The van der Waals surface area contributed by atoms with Crippen LogP contribution in [0.25, 0.3) is 0 Å². The van der Waals surface area contributed by atoms with Crippen LogP contribution < -0.4 is 9.64 Å². The first kappa shape index (κ1) is 15.4. The molecule has 4 rings (SSSR count). The van der Waals surface area contributed by atoms with Gasteiger partial charge in [-0.05, 0) is 43.1 Å². The van der Waals surface area contributed by atoms with E-state index in [0.717, 1.165) is 37.7 Å². The van der Waals surface area contributed by atoms with Crippen LogP contribution in [0.5, 0.6) is 5.75 Å². The number of pyridine rings is 1. The van der Waals surface area contributed by atoms with Gasteiger partial charge in [-0.15, -0.1) is 0 Å². The number of likely N-dealkylation sites (tertiary alicyclic amines) is 1. The monoisotopic (exact) mass is 327 g/mol. The van der Waals surface area contributed by atoms with Crippen LogP contribution >= 0.6 is 0 Å². The van der Waals surface area contributed by atoms with Crippen LogP contribution in [0.4, 0.5) is 10.2 Å². The number of nitrogens with zero attached hydrogens (tertiary/aromatic N) is 3. The molecule has 2 aliphatic heterocycles. The Morgan fingerprint density at radius 1 is 1.12 bits per heavy atom. The average Bonchev–Trinajstić information content (AvgIpc) is 3.18. The summed E-state index contributed by atoms with van der Waals surface area (Å²) in [6.07, 6.45) is 2.52. The molecule has 2 unspecified atom stereocenters. The van der Waals surface area contributed by atoms with Crippen LogP contribution in [-0.2, 0) is 0 Å². The normalized spacial score (nSPS) is 23.5. The van der Waals surface area contributed by atoms with Gasteiger partial charge in [0, 0.05) is 25.7 Å². The van der Waals surface area contributed by atoms with Crippen molar-refractivity contribution in [1.29, 1.82) is 0 Å². The van der Waals surface area contributed by atoms with Crippen molar-refractivity contribution < 1.29 is 9.13 Å². The molecule has 0 bridgehead atoms. The first-order valence-corrected chi connectivity index (χ1v) is 8.58. The zero-order valence-corrected chi connectivity index (χ0v) is 13.6. The summed E-state index contributed by atoms with van der Waals surface area (Å²) in [5.41, 5.74) is 0. The molecule has 2 aromatic rings. The molecule has 0 radical (unpaired) electrons. The summed E-state index contributed by atoms with van der Waals surface area (Å²) in [4.78, 5) is 9.02. The van der Waals surface area contributed by atoms with Crippen LogP contribution in [0.15, 0.2) is 48.7 Å². The fourth-order valence-corrected chi connectivity index (χ4v) is 3.87. The van der Waals surface area contributed by atoms with Gasteiger partial charge in [-0.25, -0.2) is 9.37 Å². The lowest BCUT2D eigenvalue weighted by Crippen LogP contribution is -2.37. The number of halogens is 1. The highest BCUT2D eigenvalue weighted by molar-refractivity contribution is 5.40. The smallest absolute Gasteiger partial charge is 0.141 e. The van der Waals surface area contributed by atoms with Gasteiger partial charge in [0.2, 0.25) is 0 Å². The van der Waals surface area contributed by atoms with E-state index in [1.165, 1.54) is 18.7 Å².